The van der Waals surface area contributed by atoms with Crippen molar-refractivity contribution in [2.45, 2.75) is 19.4 Å². The quantitative estimate of drug-likeness (QED) is 0.647. The van der Waals surface area contributed by atoms with Crippen molar-refractivity contribution in [2.24, 2.45) is 0 Å². The van der Waals surface area contributed by atoms with E-state index in [-0.39, 0.29) is 5.91 Å². The number of ether oxygens (including phenoxy) is 2. The number of carbonyl (C=O) groups is 1. The molecule has 1 amide bonds. The molecule has 128 valence electrons. The monoisotopic (exact) mass is 345 g/mol. The topological polar surface area (TPSA) is 38.8 Å². The molecule has 4 nitrogen and oxygen atoms in total. The molecule has 0 radical (unpaired) electrons. The first-order valence-electron chi connectivity index (χ1n) is 7.79. The van der Waals surface area contributed by atoms with Crippen LogP contribution in [0.25, 0.3) is 0 Å². The highest BCUT2D eigenvalue weighted by molar-refractivity contribution is 7.09. The first-order chi connectivity index (χ1) is 11.7. The maximum absolute atomic E-state index is 12.6. The van der Waals surface area contributed by atoms with E-state index in [1.165, 1.54) is 4.88 Å². The molecule has 1 aromatic heterocycles. The van der Waals surface area contributed by atoms with Crippen molar-refractivity contribution in [3.63, 3.8) is 0 Å². The van der Waals surface area contributed by atoms with Crippen molar-refractivity contribution in [1.29, 1.82) is 0 Å². The predicted molar refractivity (Wildman–Crippen MR) is 97.8 cm³/mol. The minimum absolute atomic E-state index is 0.116. The Morgan fingerprint density at radius 1 is 1.25 bits per heavy atom. The van der Waals surface area contributed by atoms with Crippen molar-refractivity contribution in [3.8, 4) is 11.5 Å². The second-order valence-electron chi connectivity index (χ2n) is 5.36. The Bertz CT molecular complexity index is 645. The first kappa shape index (κ1) is 18.1. The minimum atomic E-state index is 0.116. The van der Waals surface area contributed by atoms with Crippen LogP contribution in [0.15, 0.2) is 48.4 Å². The third-order valence-electron chi connectivity index (χ3n) is 3.67. The normalized spacial score (nSPS) is 10.2. The summed E-state index contributed by atoms with van der Waals surface area (Å²) >= 11 is 1.66. The van der Waals surface area contributed by atoms with Gasteiger partial charge in [-0.1, -0.05) is 12.1 Å². The molecule has 0 aliphatic heterocycles. The number of hydrogen-bond acceptors (Lipinski definition) is 4. The summed E-state index contributed by atoms with van der Waals surface area (Å²) in [5.41, 5.74) is 1.02. The van der Waals surface area contributed by atoms with Gasteiger partial charge in [-0.25, -0.2) is 0 Å². The standard InChI is InChI=1S/C19H23NO3S/c1-4-9-20(14-18-6-5-10-24-18)19(21)8-7-15-11-16(22-2)13-17(12-15)23-3/h4-6,10-13H,1,7-9,14H2,2-3H3. The van der Waals surface area contributed by atoms with Crippen molar-refractivity contribution in [1.82, 2.24) is 4.90 Å². The summed E-state index contributed by atoms with van der Waals surface area (Å²) in [6, 6.07) is 9.74. The molecule has 5 heteroatoms. The van der Waals surface area contributed by atoms with E-state index < -0.39 is 0 Å². The average molecular weight is 345 g/mol. The number of benzene rings is 1. The summed E-state index contributed by atoms with van der Waals surface area (Å²) in [6.45, 7) is 4.93. The first-order valence-corrected chi connectivity index (χ1v) is 8.67. The average Bonchev–Trinajstić information content (AvgIpc) is 3.12. The predicted octanol–water partition coefficient (Wildman–Crippen LogP) is 3.91. The van der Waals surface area contributed by atoms with Gasteiger partial charge in [0.15, 0.2) is 0 Å². The molecule has 1 heterocycles. The Balaban J connectivity index is 2.00. The molecule has 0 aliphatic rings. The third kappa shape index (κ3) is 5.13. The molecule has 24 heavy (non-hydrogen) atoms. The molecule has 1 aromatic carbocycles. The van der Waals surface area contributed by atoms with Gasteiger partial charge in [-0.3, -0.25) is 4.79 Å². The van der Waals surface area contributed by atoms with Crippen LogP contribution in [0, 0.1) is 0 Å². The minimum Gasteiger partial charge on any atom is -0.497 e. The summed E-state index contributed by atoms with van der Waals surface area (Å²) in [5.74, 6) is 1.58. The number of carbonyl (C=O) groups excluding carboxylic acids is 1. The maximum Gasteiger partial charge on any atom is 0.223 e. The molecular formula is C19H23NO3S. The van der Waals surface area contributed by atoms with E-state index in [0.717, 1.165) is 17.1 Å². The molecule has 0 spiro atoms. The van der Waals surface area contributed by atoms with Crippen LogP contribution in [0.3, 0.4) is 0 Å². The van der Waals surface area contributed by atoms with Crippen LogP contribution in [-0.2, 0) is 17.8 Å². The van der Waals surface area contributed by atoms with Gasteiger partial charge >= 0.3 is 0 Å². The van der Waals surface area contributed by atoms with Gasteiger partial charge in [0, 0.05) is 23.9 Å². The van der Waals surface area contributed by atoms with Gasteiger partial charge in [-0.2, -0.15) is 0 Å². The van der Waals surface area contributed by atoms with Crippen molar-refractivity contribution < 1.29 is 14.3 Å². The summed E-state index contributed by atoms with van der Waals surface area (Å²) in [6.07, 6.45) is 2.85. The van der Waals surface area contributed by atoms with Gasteiger partial charge in [0.2, 0.25) is 5.91 Å². The largest absolute Gasteiger partial charge is 0.497 e. The molecule has 0 saturated heterocycles. The van der Waals surface area contributed by atoms with Crippen LogP contribution in [0.5, 0.6) is 11.5 Å². The van der Waals surface area contributed by atoms with E-state index in [1.807, 2.05) is 40.6 Å². The number of amides is 1. The Morgan fingerprint density at radius 2 is 1.96 bits per heavy atom. The van der Waals surface area contributed by atoms with Gasteiger partial charge in [-0.05, 0) is 35.6 Å². The molecular weight excluding hydrogens is 322 g/mol. The SMILES string of the molecule is C=CCN(Cc1cccs1)C(=O)CCc1cc(OC)cc(OC)c1. The summed E-state index contributed by atoms with van der Waals surface area (Å²) < 4.78 is 10.5. The highest BCUT2D eigenvalue weighted by Crippen LogP contribution is 2.23. The zero-order valence-electron chi connectivity index (χ0n) is 14.2. The van der Waals surface area contributed by atoms with Gasteiger partial charge in [0.25, 0.3) is 0 Å². The fourth-order valence-electron chi connectivity index (χ4n) is 2.42. The lowest BCUT2D eigenvalue weighted by Crippen LogP contribution is -2.30. The lowest BCUT2D eigenvalue weighted by molar-refractivity contribution is -0.131. The van der Waals surface area contributed by atoms with E-state index in [1.54, 1.807) is 31.6 Å². The maximum atomic E-state index is 12.6. The fraction of sp³-hybridized carbons (Fsp3) is 0.316. The van der Waals surface area contributed by atoms with E-state index in [2.05, 4.69) is 6.58 Å². The molecule has 0 N–H and O–H groups in total. The Morgan fingerprint density at radius 3 is 2.50 bits per heavy atom. The zero-order valence-corrected chi connectivity index (χ0v) is 15.0. The molecule has 0 unspecified atom stereocenters. The second kappa shape index (κ2) is 9.13. The van der Waals surface area contributed by atoms with Crippen LogP contribution < -0.4 is 9.47 Å². The summed E-state index contributed by atoms with van der Waals surface area (Å²) in [7, 11) is 3.24. The van der Waals surface area contributed by atoms with Gasteiger partial charge < -0.3 is 14.4 Å². The lowest BCUT2D eigenvalue weighted by Gasteiger charge is -2.20. The van der Waals surface area contributed by atoms with Gasteiger partial charge in [0.1, 0.15) is 11.5 Å². The molecule has 0 saturated carbocycles. The number of rotatable bonds is 9. The molecule has 0 aliphatic carbocycles. The number of thiophene rings is 1. The third-order valence-corrected chi connectivity index (χ3v) is 4.53. The highest BCUT2D eigenvalue weighted by atomic mass is 32.1. The van der Waals surface area contributed by atoms with Crippen molar-refractivity contribution >= 4 is 17.2 Å². The second-order valence-corrected chi connectivity index (χ2v) is 6.40. The van der Waals surface area contributed by atoms with Crippen LogP contribution in [-0.4, -0.2) is 31.6 Å². The summed E-state index contributed by atoms with van der Waals surface area (Å²) in [4.78, 5) is 15.6. The summed E-state index contributed by atoms with van der Waals surface area (Å²) in [5, 5.41) is 2.02. The molecule has 0 fully saturated rings. The van der Waals surface area contributed by atoms with Crippen LogP contribution in [0.2, 0.25) is 0 Å². The lowest BCUT2D eigenvalue weighted by atomic mass is 10.1. The number of aryl methyl sites for hydroxylation is 1. The molecule has 0 atom stereocenters. The highest BCUT2D eigenvalue weighted by Gasteiger charge is 2.14. The molecule has 2 aromatic rings. The van der Waals surface area contributed by atoms with Crippen LogP contribution >= 0.6 is 11.3 Å². The van der Waals surface area contributed by atoms with E-state index >= 15 is 0 Å². The molecule has 0 bridgehead atoms. The smallest absolute Gasteiger partial charge is 0.223 e. The Hall–Kier alpha value is -2.27. The fourth-order valence-corrected chi connectivity index (χ4v) is 3.14. The van der Waals surface area contributed by atoms with Crippen LogP contribution in [0.4, 0.5) is 0 Å². The molecule has 2 rings (SSSR count). The number of nitrogens with zero attached hydrogens (tertiary/aromatic N) is 1. The van der Waals surface area contributed by atoms with E-state index in [4.69, 9.17) is 9.47 Å². The van der Waals surface area contributed by atoms with Crippen molar-refractivity contribution in [3.05, 3.63) is 58.8 Å². The van der Waals surface area contributed by atoms with E-state index in [9.17, 15) is 4.79 Å². The number of methoxy groups -OCH3 is 2. The van der Waals surface area contributed by atoms with Crippen LogP contribution in [0.1, 0.15) is 16.9 Å². The number of hydrogen-bond donors (Lipinski definition) is 0. The Kier molecular flexibility index (Phi) is 6.88. The van der Waals surface area contributed by atoms with Crippen molar-refractivity contribution in [2.75, 3.05) is 20.8 Å². The Labute approximate surface area is 147 Å². The van der Waals surface area contributed by atoms with Gasteiger partial charge in [0.05, 0.1) is 20.8 Å². The zero-order chi connectivity index (χ0) is 17.4. The van der Waals surface area contributed by atoms with Gasteiger partial charge in [-0.15, -0.1) is 17.9 Å². The van der Waals surface area contributed by atoms with E-state index in [0.29, 0.717) is 25.9 Å².